The number of hydrogen-bond acceptors (Lipinski definition) is 2. The smallest absolute Gasteiger partial charge is 0.238 e. The molecule has 1 amide bonds. The van der Waals surface area contributed by atoms with Gasteiger partial charge in [0.15, 0.2) is 0 Å². The van der Waals surface area contributed by atoms with Gasteiger partial charge in [-0.25, -0.2) is 0 Å². The third-order valence-corrected chi connectivity index (χ3v) is 4.26. The molecule has 1 aliphatic carbocycles. The van der Waals surface area contributed by atoms with E-state index in [4.69, 9.17) is 5.73 Å². The van der Waals surface area contributed by atoms with Crippen LogP contribution in [0.2, 0.25) is 0 Å². The van der Waals surface area contributed by atoms with Crippen molar-refractivity contribution in [2.45, 2.75) is 57.0 Å². The third-order valence-electron chi connectivity index (χ3n) is 4.26. The molecule has 1 saturated carbocycles. The first kappa shape index (κ1) is 14.1. The van der Waals surface area contributed by atoms with Crippen LogP contribution >= 0.6 is 0 Å². The maximum Gasteiger partial charge on any atom is 0.238 e. The first-order valence-corrected chi connectivity index (χ1v) is 7.28. The van der Waals surface area contributed by atoms with Gasteiger partial charge >= 0.3 is 0 Å². The van der Waals surface area contributed by atoms with Crippen LogP contribution in [-0.4, -0.2) is 17.5 Å². The Morgan fingerprint density at radius 3 is 2.47 bits per heavy atom. The number of carbonyl (C=O) groups excluding carboxylic acids is 1. The summed E-state index contributed by atoms with van der Waals surface area (Å²) in [5.74, 6) is -0.231. The van der Waals surface area contributed by atoms with Crippen molar-refractivity contribution in [2.75, 3.05) is 0 Å². The van der Waals surface area contributed by atoms with Crippen molar-refractivity contribution in [1.82, 2.24) is 5.32 Å². The highest BCUT2D eigenvalue weighted by atomic mass is 16.1. The fraction of sp³-hybridized carbons (Fsp3) is 0.562. The van der Waals surface area contributed by atoms with Gasteiger partial charge in [0.05, 0.1) is 0 Å². The van der Waals surface area contributed by atoms with Crippen LogP contribution in [0, 0.1) is 0 Å². The fourth-order valence-corrected chi connectivity index (χ4v) is 3.02. The van der Waals surface area contributed by atoms with E-state index in [0.29, 0.717) is 12.5 Å². The molecule has 0 aromatic heterocycles. The van der Waals surface area contributed by atoms with E-state index in [1.165, 1.54) is 12.8 Å². The molecule has 0 radical (unpaired) electrons. The first-order chi connectivity index (χ1) is 9.16. The Morgan fingerprint density at radius 2 is 1.95 bits per heavy atom. The molecule has 104 valence electrons. The number of benzene rings is 1. The van der Waals surface area contributed by atoms with Gasteiger partial charge in [-0.3, -0.25) is 4.79 Å². The molecule has 3 N–H and O–H groups in total. The Morgan fingerprint density at radius 1 is 1.32 bits per heavy atom. The van der Waals surface area contributed by atoms with Crippen molar-refractivity contribution in [3.63, 3.8) is 0 Å². The van der Waals surface area contributed by atoms with Crippen LogP contribution < -0.4 is 11.1 Å². The van der Waals surface area contributed by atoms with Crippen LogP contribution in [-0.2, 0) is 11.2 Å². The van der Waals surface area contributed by atoms with Crippen LogP contribution in [0.5, 0.6) is 0 Å². The van der Waals surface area contributed by atoms with Gasteiger partial charge in [-0.2, -0.15) is 0 Å². The van der Waals surface area contributed by atoms with E-state index < -0.39 is 5.54 Å². The maximum absolute atomic E-state index is 12.0. The molecular weight excluding hydrogens is 236 g/mol. The van der Waals surface area contributed by atoms with Crippen LogP contribution in [0.1, 0.15) is 44.6 Å². The van der Waals surface area contributed by atoms with Crippen molar-refractivity contribution in [3.8, 4) is 0 Å². The van der Waals surface area contributed by atoms with E-state index in [-0.39, 0.29) is 5.91 Å². The summed E-state index contributed by atoms with van der Waals surface area (Å²) in [5, 5.41) is 3.55. The lowest BCUT2D eigenvalue weighted by molar-refractivity contribution is -0.125. The summed E-state index contributed by atoms with van der Waals surface area (Å²) in [6.07, 6.45) is 6.22. The van der Waals surface area contributed by atoms with Gasteiger partial charge < -0.3 is 11.1 Å². The summed E-state index contributed by atoms with van der Waals surface area (Å²) >= 11 is 0. The highest BCUT2D eigenvalue weighted by molar-refractivity contribution is 5.85. The number of amides is 1. The standard InChI is InChI=1S/C16H24N2O/c1-2-16(15(17)19,18-14-10-6-7-11-14)12-13-8-4-3-5-9-13/h3-5,8-9,14,18H,2,6-7,10-12H2,1H3,(H2,17,19). The number of primary amides is 1. The van der Waals surface area contributed by atoms with E-state index in [1.54, 1.807) is 0 Å². The highest BCUT2D eigenvalue weighted by Crippen LogP contribution is 2.24. The number of nitrogens with one attached hydrogen (secondary N) is 1. The average molecular weight is 260 g/mol. The van der Waals surface area contributed by atoms with Crippen molar-refractivity contribution >= 4 is 5.91 Å². The second-order valence-corrected chi connectivity index (χ2v) is 5.59. The zero-order valence-electron chi connectivity index (χ0n) is 11.7. The van der Waals surface area contributed by atoms with Gasteiger partial charge in [-0.15, -0.1) is 0 Å². The second kappa shape index (κ2) is 6.20. The number of rotatable bonds is 6. The Bertz CT molecular complexity index is 412. The lowest BCUT2D eigenvalue weighted by Gasteiger charge is -2.34. The number of hydrogen-bond donors (Lipinski definition) is 2. The molecule has 1 atom stereocenters. The number of carbonyl (C=O) groups is 1. The summed E-state index contributed by atoms with van der Waals surface area (Å²) < 4.78 is 0. The van der Waals surface area contributed by atoms with Crippen LogP contribution in [0.3, 0.4) is 0 Å². The molecule has 1 aliphatic rings. The molecule has 0 aliphatic heterocycles. The summed E-state index contributed by atoms with van der Waals surface area (Å²) in [6, 6.07) is 10.6. The van der Waals surface area contributed by atoms with E-state index in [2.05, 4.69) is 17.4 Å². The molecule has 1 aromatic carbocycles. The van der Waals surface area contributed by atoms with E-state index in [9.17, 15) is 4.79 Å². The normalized spacial score (nSPS) is 19.2. The zero-order chi connectivity index (χ0) is 13.7. The highest BCUT2D eigenvalue weighted by Gasteiger charge is 2.37. The van der Waals surface area contributed by atoms with E-state index in [0.717, 1.165) is 24.8 Å². The predicted molar refractivity (Wildman–Crippen MR) is 77.8 cm³/mol. The largest absolute Gasteiger partial charge is 0.368 e. The molecule has 19 heavy (non-hydrogen) atoms. The minimum Gasteiger partial charge on any atom is -0.368 e. The molecule has 1 fully saturated rings. The Kier molecular flexibility index (Phi) is 4.59. The third kappa shape index (κ3) is 3.35. The SMILES string of the molecule is CCC(Cc1ccccc1)(NC1CCCC1)C(N)=O. The molecule has 3 heteroatoms. The minimum atomic E-state index is -0.601. The molecule has 3 nitrogen and oxygen atoms in total. The molecule has 0 spiro atoms. The lowest BCUT2D eigenvalue weighted by Crippen LogP contribution is -2.59. The molecule has 0 heterocycles. The first-order valence-electron chi connectivity index (χ1n) is 7.28. The average Bonchev–Trinajstić information content (AvgIpc) is 2.91. The second-order valence-electron chi connectivity index (χ2n) is 5.59. The van der Waals surface area contributed by atoms with Crippen LogP contribution in [0.4, 0.5) is 0 Å². The Labute approximate surface area is 115 Å². The number of nitrogens with two attached hydrogens (primary N) is 1. The van der Waals surface area contributed by atoms with Gasteiger partial charge in [-0.05, 0) is 31.2 Å². The van der Waals surface area contributed by atoms with Crippen molar-refractivity contribution in [3.05, 3.63) is 35.9 Å². The molecule has 2 rings (SSSR count). The monoisotopic (exact) mass is 260 g/mol. The van der Waals surface area contributed by atoms with Gasteiger partial charge in [0.1, 0.15) is 5.54 Å². The van der Waals surface area contributed by atoms with E-state index in [1.807, 2.05) is 25.1 Å². The van der Waals surface area contributed by atoms with Gasteiger partial charge in [0, 0.05) is 6.04 Å². The molecule has 1 unspecified atom stereocenters. The Balaban J connectivity index is 2.15. The minimum absolute atomic E-state index is 0.231. The summed E-state index contributed by atoms with van der Waals surface area (Å²) in [7, 11) is 0. The molecule has 0 saturated heterocycles. The zero-order valence-corrected chi connectivity index (χ0v) is 11.7. The maximum atomic E-state index is 12.0. The van der Waals surface area contributed by atoms with Gasteiger partial charge in [0.2, 0.25) is 5.91 Å². The molecular formula is C16H24N2O. The summed E-state index contributed by atoms with van der Waals surface area (Å²) in [6.45, 7) is 2.04. The predicted octanol–water partition coefficient (Wildman–Crippen LogP) is 2.40. The van der Waals surface area contributed by atoms with Crippen LogP contribution in [0.25, 0.3) is 0 Å². The van der Waals surface area contributed by atoms with Crippen molar-refractivity contribution < 1.29 is 4.79 Å². The fourth-order valence-electron chi connectivity index (χ4n) is 3.02. The van der Waals surface area contributed by atoms with Gasteiger partial charge in [0.25, 0.3) is 0 Å². The Hall–Kier alpha value is -1.35. The van der Waals surface area contributed by atoms with Crippen molar-refractivity contribution in [2.24, 2.45) is 5.73 Å². The van der Waals surface area contributed by atoms with E-state index >= 15 is 0 Å². The quantitative estimate of drug-likeness (QED) is 0.825. The molecule has 0 bridgehead atoms. The topological polar surface area (TPSA) is 55.1 Å². The summed E-state index contributed by atoms with van der Waals surface area (Å²) in [4.78, 5) is 12.0. The van der Waals surface area contributed by atoms with Gasteiger partial charge in [-0.1, -0.05) is 50.1 Å². The summed E-state index contributed by atoms with van der Waals surface area (Å²) in [5.41, 5.74) is 6.27. The van der Waals surface area contributed by atoms with Crippen LogP contribution in [0.15, 0.2) is 30.3 Å². The molecule has 1 aromatic rings. The lowest BCUT2D eigenvalue weighted by atomic mass is 9.86. The van der Waals surface area contributed by atoms with Crippen molar-refractivity contribution in [1.29, 1.82) is 0 Å².